The van der Waals surface area contributed by atoms with Crippen molar-refractivity contribution >= 4 is 18.3 Å². The van der Waals surface area contributed by atoms with Crippen LogP contribution < -0.4 is 15.9 Å². The number of rotatable bonds is 2. The molecule has 0 atom stereocenters. The van der Waals surface area contributed by atoms with Crippen molar-refractivity contribution in [3.05, 3.63) is 18.2 Å². The number of hydrogen-bond donors (Lipinski definition) is 3. The molecule has 0 aromatic heterocycles. The fourth-order valence-electron chi connectivity index (χ4n) is 0.988. The van der Waals surface area contributed by atoms with Crippen LogP contribution in [0.4, 0.5) is 18.9 Å². The van der Waals surface area contributed by atoms with Crippen molar-refractivity contribution in [2.75, 3.05) is 5.73 Å². The van der Waals surface area contributed by atoms with Crippen molar-refractivity contribution < 1.29 is 28.0 Å². The molecule has 0 aliphatic carbocycles. The summed E-state index contributed by atoms with van der Waals surface area (Å²) in [6.07, 6.45) is -4.84. The lowest BCUT2D eigenvalue weighted by atomic mass is 9.80. The first-order valence-corrected chi connectivity index (χ1v) is 3.80. The van der Waals surface area contributed by atoms with Gasteiger partial charge in [0.05, 0.1) is 0 Å². The summed E-state index contributed by atoms with van der Waals surface area (Å²) >= 11 is 0. The zero-order chi connectivity index (χ0) is 11.6. The van der Waals surface area contributed by atoms with E-state index in [1.54, 1.807) is 0 Å². The number of nitrogen functional groups attached to an aromatic ring is 1. The molecule has 1 aromatic rings. The molecule has 0 spiro atoms. The van der Waals surface area contributed by atoms with E-state index in [0.29, 0.717) is 0 Å². The van der Waals surface area contributed by atoms with Crippen LogP contribution in [0.15, 0.2) is 18.2 Å². The molecule has 0 heterocycles. The minimum atomic E-state index is -4.84. The van der Waals surface area contributed by atoms with E-state index in [1.165, 1.54) is 0 Å². The molecule has 0 radical (unpaired) electrons. The van der Waals surface area contributed by atoms with Crippen LogP contribution in [-0.2, 0) is 0 Å². The van der Waals surface area contributed by atoms with Gasteiger partial charge in [0.15, 0.2) is 0 Å². The SMILES string of the molecule is Nc1cc(OC(F)(F)F)cc(B(O)O)c1. The second-order valence-electron chi connectivity index (χ2n) is 2.76. The molecule has 4 nitrogen and oxygen atoms in total. The van der Waals surface area contributed by atoms with Gasteiger partial charge in [-0.3, -0.25) is 0 Å². The van der Waals surface area contributed by atoms with Crippen molar-refractivity contribution in [1.82, 2.24) is 0 Å². The van der Waals surface area contributed by atoms with Crippen LogP contribution in [0.2, 0.25) is 0 Å². The highest BCUT2D eigenvalue weighted by Gasteiger charge is 2.31. The van der Waals surface area contributed by atoms with Gasteiger partial charge in [0, 0.05) is 11.8 Å². The summed E-state index contributed by atoms with van der Waals surface area (Å²) in [6, 6.07) is 2.90. The molecule has 0 aliphatic rings. The van der Waals surface area contributed by atoms with Gasteiger partial charge in [-0.15, -0.1) is 13.2 Å². The van der Waals surface area contributed by atoms with Crippen LogP contribution in [0, 0.1) is 0 Å². The molecular weight excluding hydrogens is 214 g/mol. The summed E-state index contributed by atoms with van der Waals surface area (Å²) in [7, 11) is -1.90. The van der Waals surface area contributed by atoms with Gasteiger partial charge in [-0.05, 0) is 17.6 Å². The van der Waals surface area contributed by atoms with E-state index in [4.69, 9.17) is 15.8 Å². The van der Waals surface area contributed by atoms with Gasteiger partial charge in [0.25, 0.3) is 0 Å². The number of hydrogen-bond acceptors (Lipinski definition) is 4. The molecule has 0 unspecified atom stereocenters. The second kappa shape index (κ2) is 3.99. The lowest BCUT2D eigenvalue weighted by Gasteiger charge is -2.10. The van der Waals surface area contributed by atoms with E-state index in [9.17, 15) is 13.2 Å². The highest BCUT2D eigenvalue weighted by molar-refractivity contribution is 6.58. The van der Waals surface area contributed by atoms with Gasteiger partial charge < -0.3 is 20.5 Å². The second-order valence-corrected chi connectivity index (χ2v) is 2.76. The summed E-state index contributed by atoms with van der Waals surface area (Å²) in [5, 5.41) is 17.5. The van der Waals surface area contributed by atoms with Crippen LogP contribution in [0.3, 0.4) is 0 Å². The summed E-state index contributed by atoms with van der Waals surface area (Å²) in [5.74, 6) is -0.592. The minimum Gasteiger partial charge on any atom is -0.423 e. The Kier molecular flexibility index (Phi) is 3.11. The van der Waals surface area contributed by atoms with Crippen molar-refractivity contribution in [2.45, 2.75) is 6.36 Å². The van der Waals surface area contributed by atoms with E-state index < -0.39 is 19.2 Å². The highest BCUT2D eigenvalue weighted by Crippen LogP contribution is 2.23. The number of nitrogens with two attached hydrogens (primary N) is 1. The smallest absolute Gasteiger partial charge is 0.423 e. The molecule has 8 heteroatoms. The molecule has 82 valence electrons. The Balaban J connectivity index is 2.99. The summed E-state index contributed by atoms with van der Waals surface area (Å²) < 4.78 is 39.0. The molecule has 0 saturated carbocycles. The fourth-order valence-corrected chi connectivity index (χ4v) is 0.988. The average Bonchev–Trinajstić information content (AvgIpc) is 1.99. The standard InChI is InChI=1S/C7H7BF3NO3/c9-7(10,11)15-6-2-4(8(13)14)1-5(12)3-6/h1-3,13-14H,12H2. The van der Waals surface area contributed by atoms with E-state index in [-0.39, 0.29) is 11.2 Å². The molecule has 0 bridgehead atoms. The van der Waals surface area contributed by atoms with E-state index in [1.807, 2.05) is 0 Å². The van der Waals surface area contributed by atoms with E-state index in [2.05, 4.69) is 4.74 Å². The van der Waals surface area contributed by atoms with Gasteiger partial charge in [-0.2, -0.15) is 0 Å². The Morgan fingerprint density at radius 1 is 1.20 bits per heavy atom. The molecule has 1 aromatic carbocycles. The monoisotopic (exact) mass is 221 g/mol. The normalized spacial score (nSPS) is 11.3. The van der Waals surface area contributed by atoms with Gasteiger partial charge in [0.1, 0.15) is 5.75 Å². The van der Waals surface area contributed by atoms with Crippen molar-refractivity contribution in [2.24, 2.45) is 0 Å². The van der Waals surface area contributed by atoms with Gasteiger partial charge >= 0.3 is 13.5 Å². The molecule has 4 N–H and O–H groups in total. The van der Waals surface area contributed by atoms with Gasteiger partial charge in [-0.1, -0.05) is 0 Å². The van der Waals surface area contributed by atoms with Gasteiger partial charge in [-0.25, -0.2) is 0 Å². The maximum atomic E-state index is 11.8. The number of ether oxygens (including phenoxy) is 1. The molecule has 0 aliphatic heterocycles. The van der Waals surface area contributed by atoms with Crippen LogP contribution >= 0.6 is 0 Å². The maximum Gasteiger partial charge on any atom is 0.573 e. The minimum absolute atomic E-state index is 0.0557. The van der Waals surface area contributed by atoms with Gasteiger partial charge in [0.2, 0.25) is 0 Å². The zero-order valence-electron chi connectivity index (χ0n) is 7.32. The number of benzene rings is 1. The summed E-state index contributed by atoms with van der Waals surface area (Å²) in [4.78, 5) is 0. The third-order valence-corrected chi connectivity index (χ3v) is 1.48. The summed E-state index contributed by atoms with van der Waals surface area (Å²) in [5.41, 5.74) is 5.02. The van der Waals surface area contributed by atoms with Crippen LogP contribution in [0.25, 0.3) is 0 Å². The lowest BCUT2D eigenvalue weighted by Crippen LogP contribution is -2.30. The fraction of sp³-hybridized carbons (Fsp3) is 0.143. The molecule has 1 rings (SSSR count). The van der Waals surface area contributed by atoms with E-state index in [0.717, 1.165) is 18.2 Å². The zero-order valence-corrected chi connectivity index (χ0v) is 7.32. The largest absolute Gasteiger partial charge is 0.573 e. The number of alkyl halides is 3. The third kappa shape index (κ3) is 3.68. The number of anilines is 1. The molecule has 0 saturated heterocycles. The lowest BCUT2D eigenvalue weighted by molar-refractivity contribution is -0.274. The highest BCUT2D eigenvalue weighted by atomic mass is 19.4. The summed E-state index contributed by atoms with van der Waals surface area (Å²) in [6.45, 7) is 0. The first-order valence-electron chi connectivity index (χ1n) is 3.80. The van der Waals surface area contributed by atoms with E-state index >= 15 is 0 Å². The van der Waals surface area contributed by atoms with Crippen molar-refractivity contribution in [1.29, 1.82) is 0 Å². The molecule has 0 fully saturated rings. The average molecular weight is 221 g/mol. The third-order valence-electron chi connectivity index (χ3n) is 1.48. The molecule has 15 heavy (non-hydrogen) atoms. The topological polar surface area (TPSA) is 75.7 Å². The molecular formula is C7H7BF3NO3. The van der Waals surface area contributed by atoms with Crippen LogP contribution in [0.1, 0.15) is 0 Å². The first kappa shape index (κ1) is 11.7. The van der Waals surface area contributed by atoms with Crippen molar-refractivity contribution in [3.8, 4) is 5.75 Å². The molecule has 0 amide bonds. The quantitative estimate of drug-likeness (QED) is 0.479. The predicted octanol–water partition coefficient (Wildman–Crippen LogP) is -0.153. The van der Waals surface area contributed by atoms with Crippen LogP contribution in [-0.4, -0.2) is 23.5 Å². The van der Waals surface area contributed by atoms with Crippen LogP contribution in [0.5, 0.6) is 5.75 Å². The Bertz CT molecular complexity index is 356. The Hall–Kier alpha value is -1.41. The Morgan fingerprint density at radius 2 is 1.80 bits per heavy atom. The van der Waals surface area contributed by atoms with Crippen molar-refractivity contribution in [3.63, 3.8) is 0 Å². The Labute approximate surface area is 83.2 Å². The Morgan fingerprint density at radius 3 is 2.27 bits per heavy atom. The first-order chi connectivity index (χ1) is 6.78. The maximum absolute atomic E-state index is 11.8. The number of halogens is 3. The predicted molar refractivity (Wildman–Crippen MR) is 47.4 cm³/mol.